The molecule has 0 heterocycles. The van der Waals surface area contributed by atoms with E-state index in [9.17, 15) is 0 Å². The van der Waals surface area contributed by atoms with Crippen LogP contribution in [0.15, 0.2) is 0 Å². The average molecular weight is 382 g/mol. The average Bonchev–Trinajstić information content (AvgIpc) is 2.68. The van der Waals surface area contributed by atoms with Crippen molar-refractivity contribution in [2.75, 3.05) is 0 Å². The maximum atomic E-state index is 6.38. The molecule has 2 unspecified atom stereocenters. The van der Waals surface area contributed by atoms with Crippen LogP contribution < -0.4 is 5.73 Å². The zero-order chi connectivity index (χ0) is 20.0. The first kappa shape index (κ1) is 27.0. The van der Waals surface area contributed by atoms with Gasteiger partial charge in [0.25, 0.3) is 0 Å². The van der Waals surface area contributed by atoms with Gasteiger partial charge in [0.2, 0.25) is 0 Å². The lowest BCUT2D eigenvalue weighted by molar-refractivity contribution is 0.368. The van der Waals surface area contributed by atoms with E-state index < -0.39 is 0 Å². The molecule has 0 aliphatic rings. The standard InChI is InChI=1S/C26H55N/c1-4-7-9-10-11-12-13-14-15-16-17-18-19-20-21-23-26(27)24-25(6-3)22-8-5-2/h25-26H,4-24,27H2,1-3H3. The summed E-state index contributed by atoms with van der Waals surface area (Å²) in [6.45, 7) is 6.93. The van der Waals surface area contributed by atoms with Gasteiger partial charge >= 0.3 is 0 Å². The van der Waals surface area contributed by atoms with E-state index in [0.717, 1.165) is 5.92 Å². The Morgan fingerprint density at radius 1 is 0.481 bits per heavy atom. The minimum Gasteiger partial charge on any atom is -0.328 e. The summed E-state index contributed by atoms with van der Waals surface area (Å²) < 4.78 is 0. The first-order valence-electron chi connectivity index (χ1n) is 13.0. The van der Waals surface area contributed by atoms with Gasteiger partial charge in [-0.3, -0.25) is 0 Å². The van der Waals surface area contributed by atoms with E-state index in [1.807, 2.05) is 0 Å². The van der Waals surface area contributed by atoms with Gasteiger partial charge < -0.3 is 5.73 Å². The molecule has 27 heavy (non-hydrogen) atoms. The zero-order valence-corrected chi connectivity index (χ0v) is 19.6. The van der Waals surface area contributed by atoms with Gasteiger partial charge in [-0.25, -0.2) is 0 Å². The third kappa shape index (κ3) is 20.5. The lowest BCUT2D eigenvalue weighted by atomic mass is 9.90. The molecule has 1 nitrogen and oxygen atoms in total. The second-order valence-electron chi connectivity index (χ2n) is 9.15. The fourth-order valence-electron chi connectivity index (χ4n) is 4.31. The van der Waals surface area contributed by atoms with Gasteiger partial charge in [-0.2, -0.15) is 0 Å². The van der Waals surface area contributed by atoms with Crippen LogP contribution in [-0.2, 0) is 0 Å². The van der Waals surface area contributed by atoms with Crippen molar-refractivity contribution in [3.05, 3.63) is 0 Å². The molecule has 0 radical (unpaired) electrons. The topological polar surface area (TPSA) is 26.0 Å². The van der Waals surface area contributed by atoms with Crippen LogP contribution in [0.5, 0.6) is 0 Å². The fourth-order valence-corrected chi connectivity index (χ4v) is 4.31. The summed E-state index contributed by atoms with van der Waals surface area (Å²) in [4.78, 5) is 0. The van der Waals surface area contributed by atoms with Crippen molar-refractivity contribution in [1.82, 2.24) is 0 Å². The molecular formula is C26H55N. The summed E-state index contributed by atoms with van der Waals surface area (Å²) in [5.41, 5.74) is 6.38. The highest BCUT2D eigenvalue weighted by Gasteiger charge is 2.11. The summed E-state index contributed by atoms with van der Waals surface area (Å²) in [5.74, 6) is 0.872. The predicted octanol–water partition coefficient (Wildman–Crippen LogP) is 9.18. The molecule has 0 bridgehead atoms. The number of hydrogen-bond acceptors (Lipinski definition) is 1. The van der Waals surface area contributed by atoms with Gasteiger partial charge in [-0.1, -0.05) is 143 Å². The molecule has 2 N–H and O–H groups in total. The molecule has 0 saturated carbocycles. The summed E-state index contributed by atoms with van der Waals surface area (Å²) in [6, 6.07) is 0.453. The van der Waals surface area contributed by atoms with Gasteiger partial charge in [-0.15, -0.1) is 0 Å². The van der Waals surface area contributed by atoms with Gasteiger partial charge in [0, 0.05) is 6.04 Å². The van der Waals surface area contributed by atoms with Gasteiger partial charge in [-0.05, 0) is 18.8 Å². The minimum absolute atomic E-state index is 0.453. The molecule has 0 amide bonds. The molecule has 0 saturated heterocycles. The quantitative estimate of drug-likeness (QED) is 0.186. The molecule has 0 spiro atoms. The molecule has 0 rings (SSSR count). The van der Waals surface area contributed by atoms with E-state index >= 15 is 0 Å². The van der Waals surface area contributed by atoms with Crippen molar-refractivity contribution in [2.45, 2.75) is 162 Å². The molecule has 164 valence electrons. The van der Waals surface area contributed by atoms with Crippen molar-refractivity contribution in [2.24, 2.45) is 11.7 Å². The normalized spacial score (nSPS) is 13.8. The van der Waals surface area contributed by atoms with E-state index in [1.165, 1.54) is 135 Å². The number of hydrogen-bond donors (Lipinski definition) is 1. The zero-order valence-electron chi connectivity index (χ0n) is 19.6. The summed E-state index contributed by atoms with van der Waals surface area (Å²) >= 11 is 0. The van der Waals surface area contributed by atoms with E-state index in [0.29, 0.717) is 6.04 Å². The number of nitrogens with two attached hydrogens (primary N) is 1. The van der Waals surface area contributed by atoms with Crippen LogP contribution in [0.4, 0.5) is 0 Å². The molecule has 0 aromatic rings. The fraction of sp³-hybridized carbons (Fsp3) is 1.00. The highest BCUT2D eigenvalue weighted by Crippen LogP contribution is 2.20. The molecule has 1 heteroatoms. The van der Waals surface area contributed by atoms with Crippen molar-refractivity contribution in [3.63, 3.8) is 0 Å². The Labute approximate surface area is 173 Å². The van der Waals surface area contributed by atoms with Crippen molar-refractivity contribution >= 4 is 0 Å². The Balaban J connectivity index is 3.26. The third-order valence-electron chi connectivity index (χ3n) is 6.36. The molecule has 0 aliphatic heterocycles. The van der Waals surface area contributed by atoms with Crippen LogP contribution in [0.3, 0.4) is 0 Å². The molecule has 0 aliphatic carbocycles. The molecule has 0 aromatic carbocycles. The minimum atomic E-state index is 0.453. The van der Waals surface area contributed by atoms with Crippen LogP contribution >= 0.6 is 0 Å². The number of unbranched alkanes of at least 4 members (excludes halogenated alkanes) is 15. The Hall–Kier alpha value is -0.0400. The molecule has 2 atom stereocenters. The smallest absolute Gasteiger partial charge is 0.00414 e. The van der Waals surface area contributed by atoms with Crippen LogP contribution in [-0.4, -0.2) is 6.04 Å². The van der Waals surface area contributed by atoms with Crippen LogP contribution in [0, 0.1) is 5.92 Å². The van der Waals surface area contributed by atoms with E-state index in [1.54, 1.807) is 0 Å². The maximum Gasteiger partial charge on any atom is 0.00414 e. The van der Waals surface area contributed by atoms with E-state index in [2.05, 4.69) is 20.8 Å². The molecular weight excluding hydrogens is 326 g/mol. The first-order valence-corrected chi connectivity index (χ1v) is 13.0. The highest BCUT2D eigenvalue weighted by molar-refractivity contribution is 4.68. The van der Waals surface area contributed by atoms with E-state index in [4.69, 9.17) is 5.73 Å². The second-order valence-corrected chi connectivity index (χ2v) is 9.15. The summed E-state index contributed by atoms with van der Waals surface area (Å²) in [7, 11) is 0. The predicted molar refractivity (Wildman–Crippen MR) is 125 cm³/mol. The SMILES string of the molecule is CCCCCCCCCCCCCCCCCC(N)CC(CC)CCCC. The van der Waals surface area contributed by atoms with Gasteiger partial charge in [0.1, 0.15) is 0 Å². The van der Waals surface area contributed by atoms with Crippen molar-refractivity contribution < 1.29 is 0 Å². The lowest BCUT2D eigenvalue weighted by Crippen LogP contribution is -2.23. The lowest BCUT2D eigenvalue weighted by Gasteiger charge is -2.19. The van der Waals surface area contributed by atoms with Crippen LogP contribution in [0.1, 0.15) is 156 Å². The van der Waals surface area contributed by atoms with Gasteiger partial charge in [0.05, 0.1) is 0 Å². The molecule has 0 fully saturated rings. The summed E-state index contributed by atoms with van der Waals surface area (Å²) in [6.07, 6.45) is 29.5. The second kappa shape index (κ2) is 22.3. The van der Waals surface area contributed by atoms with Crippen molar-refractivity contribution in [1.29, 1.82) is 0 Å². The maximum absolute atomic E-state index is 6.38. The Morgan fingerprint density at radius 3 is 1.30 bits per heavy atom. The van der Waals surface area contributed by atoms with Gasteiger partial charge in [0.15, 0.2) is 0 Å². The number of rotatable bonds is 22. The Morgan fingerprint density at radius 2 is 0.889 bits per heavy atom. The van der Waals surface area contributed by atoms with Crippen molar-refractivity contribution in [3.8, 4) is 0 Å². The Kier molecular flexibility index (Phi) is 22.2. The monoisotopic (exact) mass is 381 g/mol. The largest absolute Gasteiger partial charge is 0.328 e. The first-order chi connectivity index (χ1) is 13.2. The summed E-state index contributed by atoms with van der Waals surface area (Å²) in [5, 5.41) is 0. The highest BCUT2D eigenvalue weighted by atomic mass is 14.6. The Bertz CT molecular complexity index is 263. The van der Waals surface area contributed by atoms with E-state index in [-0.39, 0.29) is 0 Å². The van der Waals surface area contributed by atoms with Crippen LogP contribution in [0.2, 0.25) is 0 Å². The molecule has 0 aromatic heterocycles. The third-order valence-corrected chi connectivity index (χ3v) is 6.36. The van der Waals surface area contributed by atoms with Crippen LogP contribution in [0.25, 0.3) is 0 Å².